The zero-order chi connectivity index (χ0) is 17.9. The van der Waals surface area contributed by atoms with Crippen LogP contribution in [0.25, 0.3) is 0 Å². The van der Waals surface area contributed by atoms with E-state index in [1.54, 1.807) is 4.68 Å². The summed E-state index contributed by atoms with van der Waals surface area (Å²) in [5, 5.41) is 11.5. The number of benzene rings is 1. The number of piperazine rings is 1. The van der Waals surface area contributed by atoms with Crippen LogP contribution in [0.1, 0.15) is 16.8 Å². The summed E-state index contributed by atoms with van der Waals surface area (Å²) in [6.45, 7) is 4.09. The van der Waals surface area contributed by atoms with Crippen molar-refractivity contribution in [2.75, 3.05) is 44.3 Å². The standard InChI is InChI=1S/C17H22N6O3/c1-21-17(18-19-20-21)23-9-7-22(8-10-23)16(24)13-2-4-14(5-3-13)26-15-6-11-25-12-15/h2-5,15H,6-12H2,1H3. The topological polar surface area (TPSA) is 85.6 Å². The largest absolute Gasteiger partial charge is 0.488 e. The Balaban J connectivity index is 1.33. The van der Waals surface area contributed by atoms with E-state index in [1.807, 2.05) is 36.2 Å². The monoisotopic (exact) mass is 358 g/mol. The minimum absolute atomic E-state index is 0.0384. The van der Waals surface area contributed by atoms with E-state index in [2.05, 4.69) is 20.4 Å². The van der Waals surface area contributed by atoms with E-state index in [0.717, 1.165) is 24.7 Å². The fraction of sp³-hybridized carbons (Fsp3) is 0.529. The van der Waals surface area contributed by atoms with Crippen LogP contribution in [-0.2, 0) is 11.8 Å². The number of tetrazole rings is 1. The molecule has 2 aliphatic rings. The molecule has 0 bridgehead atoms. The quantitative estimate of drug-likeness (QED) is 0.779. The molecule has 9 nitrogen and oxygen atoms in total. The van der Waals surface area contributed by atoms with Crippen molar-refractivity contribution < 1.29 is 14.3 Å². The molecular formula is C17H22N6O3. The summed E-state index contributed by atoms with van der Waals surface area (Å²) in [4.78, 5) is 16.7. The van der Waals surface area contributed by atoms with E-state index in [0.29, 0.717) is 38.3 Å². The van der Waals surface area contributed by atoms with Crippen molar-refractivity contribution >= 4 is 11.9 Å². The molecule has 0 radical (unpaired) electrons. The summed E-state index contributed by atoms with van der Waals surface area (Å²) in [6, 6.07) is 7.36. The van der Waals surface area contributed by atoms with Crippen molar-refractivity contribution in [3.63, 3.8) is 0 Å². The molecule has 3 heterocycles. The predicted octanol–water partition coefficient (Wildman–Crippen LogP) is 0.340. The van der Waals surface area contributed by atoms with Gasteiger partial charge in [-0.15, -0.1) is 0 Å². The summed E-state index contributed by atoms with van der Waals surface area (Å²) in [5.74, 6) is 1.54. The van der Waals surface area contributed by atoms with Crippen molar-refractivity contribution in [3.8, 4) is 5.75 Å². The van der Waals surface area contributed by atoms with E-state index < -0.39 is 0 Å². The lowest BCUT2D eigenvalue weighted by Gasteiger charge is -2.34. The van der Waals surface area contributed by atoms with Crippen molar-refractivity contribution in [2.24, 2.45) is 7.05 Å². The first kappa shape index (κ1) is 16.8. The molecule has 1 unspecified atom stereocenters. The van der Waals surface area contributed by atoms with Gasteiger partial charge in [0.25, 0.3) is 5.91 Å². The molecule has 2 saturated heterocycles. The third kappa shape index (κ3) is 3.48. The molecule has 0 N–H and O–H groups in total. The molecule has 9 heteroatoms. The van der Waals surface area contributed by atoms with Gasteiger partial charge in [-0.25, -0.2) is 4.68 Å². The first-order valence-electron chi connectivity index (χ1n) is 8.82. The summed E-state index contributed by atoms with van der Waals surface area (Å²) in [7, 11) is 1.81. The molecule has 1 atom stereocenters. The Kier molecular flexibility index (Phi) is 4.70. The van der Waals surface area contributed by atoms with Crippen molar-refractivity contribution in [2.45, 2.75) is 12.5 Å². The molecule has 138 valence electrons. The zero-order valence-corrected chi connectivity index (χ0v) is 14.7. The average molecular weight is 358 g/mol. The lowest BCUT2D eigenvalue weighted by atomic mass is 10.1. The number of amides is 1. The molecule has 26 heavy (non-hydrogen) atoms. The maximum Gasteiger partial charge on any atom is 0.253 e. The fourth-order valence-corrected chi connectivity index (χ4v) is 3.26. The van der Waals surface area contributed by atoms with E-state index >= 15 is 0 Å². The second kappa shape index (κ2) is 7.28. The SMILES string of the molecule is Cn1nnnc1N1CCN(C(=O)c2ccc(OC3CCOC3)cc2)CC1. The number of hydrogen-bond donors (Lipinski definition) is 0. The number of aryl methyl sites for hydroxylation is 1. The molecule has 4 rings (SSSR count). The predicted molar refractivity (Wildman–Crippen MR) is 93.2 cm³/mol. The second-order valence-corrected chi connectivity index (χ2v) is 6.51. The number of ether oxygens (including phenoxy) is 2. The third-order valence-corrected chi connectivity index (χ3v) is 4.74. The molecule has 2 aliphatic heterocycles. The van der Waals surface area contributed by atoms with Crippen LogP contribution in [0.2, 0.25) is 0 Å². The van der Waals surface area contributed by atoms with Crippen LogP contribution >= 0.6 is 0 Å². The highest BCUT2D eigenvalue weighted by atomic mass is 16.5. The lowest BCUT2D eigenvalue weighted by Crippen LogP contribution is -2.49. The van der Waals surface area contributed by atoms with Gasteiger partial charge in [-0.2, -0.15) is 0 Å². The summed E-state index contributed by atoms with van der Waals surface area (Å²) in [5.41, 5.74) is 0.675. The summed E-state index contributed by atoms with van der Waals surface area (Å²) >= 11 is 0. The van der Waals surface area contributed by atoms with Gasteiger partial charge in [-0.3, -0.25) is 4.79 Å². The van der Waals surface area contributed by atoms with Crippen LogP contribution in [0.15, 0.2) is 24.3 Å². The molecule has 1 aromatic carbocycles. The van der Waals surface area contributed by atoms with Gasteiger partial charge in [0.05, 0.1) is 13.2 Å². The summed E-state index contributed by atoms with van der Waals surface area (Å²) in [6.07, 6.45) is 1.02. The Morgan fingerprint density at radius 3 is 2.58 bits per heavy atom. The first-order chi connectivity index (χ1) is 12.7. The number of nitrogens with zero attached hydrogens (tertiary/aromatic N) is 6. The van der Waals surface area contributed by atoms with Crippen LogP contribution in [0.4, 0.5) is 5.95 Å². The Morgan fingerprint density at radius 1 is 1.19 bits per heavy atom. The van der Waals surface area contributed by atoms with Gasteiger partial charge < -0.3 is 19.3 Å². The van der Waals surface area contributed by atoms with Crippen LogP contribution in [0, 0.1) is 0 Å². The van der Waals surface area contributed by atoms with E-state index in [-0.39, 0.29) is 12.0 Å². The maximum absolute atomic E-state index is 12.7. The molecule has 2 aromatic rings. The van der Waals surface area contributed by atoms with E-state index in [9.17, 15) is 4.79 Å². The van der Waals surface area contributed by atoms with Crippen LogP contribution in [0.3, 0.4) is 0 Å². The maximum atomic E-state index is 12.7. The minimum atomic E-state index is 0.0384. The summed E-state index contributed by atoms with van der Waals surface area (Å²) < 4.78 is 12.8. The molecule has 2 fully saturated rings. The van der Waals surface area contributed by atoms with Crippen LogP contribution in [0.5, 0.6) is 5.75 Å². The lowest BCUT2D eigenvalue weighted by molar-refractivity contribution is 0.0746. The second-order valence-electron chi connectivity index (χ2n) is 6.51. The first-order valence-corrected chi connectivity index (χ1v) is 8.82. The van der Waals surface area contributed by atoms with Gasteiger partial charge in [-0.1, -0.05) is 5.10 Å². The van der Waals surface area contributed by atoms with Crippen LogP contribution < -0.4 is 9.64 Å². The Labute approximate surface area is 151 Å². The zero-order valence-electron chi connectivity index (χ0n) is 14.7. The normalized spacial score (nSPS) is 20.4. The Hall–Kier alpha value is -2.68. The molecule has 0 saturated carbocycles. The van der Waals surface area contributed by atoms with Gasteiger partial charge in [-0.05, 0) is 34.7 Å². The van der Waals surface area contributed by atoms with E-state index in [1.165, 1.54) is 0 Å². The average Bonchev–Trinajstić information content (AvgIpc) is 3.34. The third-order valence-electron chi connectivity index (χ3n) is 4.74. The number of anilines is 1. The number of carbonyl (C=O) groups is 1. The molecular weight excluding hydrogens is 336 g/mol. The van der Waals surface area contributed by atoms with Crippen molar-refractivity contribution in [3.05, 3.63) is 29.8 Å². The highest BCUT2D eigenvalue weighted by Gasteiger charge is 2.24. The fourth-order valence-electron chi connectivity index (χ4n) is 3.26. The van der Waals surface area contributed by atoms with Crippen molar-refractivity contribution in [1.29, 1.82) is 0 Å². The Morgan fingerprint density at radius 2 is 1.96 bits per heavy atom. The van der Waals surface area contributed by atoms with Gasteiger partial charge >= 0.3 is 0 Å². The highest BCUT2D eigenvalue weighted by Crippen LogP contribution is 2.19. The smallest absolute Gasteiger partial charge is 0.253 e. The molecule has 1 aromatic heterocycles. The van der Waals surface area contributed by atoms with Gasteiger partial charge in [0.15, 0.2) is 0 Å². The highest BCUT2D eigenvalue weighted by molar-refractivity contribution is 5.94. The minimum Gasteiger partial charge on any atom is -0.488 e. The van der Waals surface area contributed by atoms with Crippen LogP contribution in [-0.4, -0.2) is 76.5 Å². The van der Waals surface area contributed by atoms with Gasteiger partial charge in [0.1, 0.15) is 11.9 Å². The van der Waals surface area contributed by atoms with Gasteiger partial charge in [0.2, 0.25) is 5.95 Å². The van der Waals surface area contributed by atoms with E-state index in [4.69, 9.17) is 9.47 Å². The Bertz CT molecular complexity index is 748. The number of aromatic nitrogens is 4. The molecule has 0 spiro atoms. The molecule has 0 aliphatic carbocycles. The number of carbonyl (C=O) groups excluding carboxylic acids is 1. The van der Waals surface area contributed by atoms with Crippen molar-refractivity contribution in [1.82, 2.24) is 25.1 Å². The number of rotatable bonds is 4. The van der Waals surface area contributed by atoms with Gasteiger partial charge in [0, 0.05) is 45.2 Å². The molecule has 1 amide bonds. The number of hydrogen-bond acceptors (Lipinski definition) is 7.